The first kappa shape index (κ1) is 112. The Bertz CT molecular complexity index is 4840. The Balaban J connectivity index is 0.000000640. The number of hydrogen-bond donors (Lipinski definition) is 3. The molecule has 0 saturated heterocycles. The molecule has 0 fully saturated rings. The number of benzene rings is 6. The number of hydrogen-bond acceptors (Lipinski definition) is 24. The van der Waals surface area contributed by atoms with Crippen LogP contribution in [0.3, 0.4) is 0 Å². The van der Waals surface area contributed by atoms with Crippen molar-refractivity contribution in [2.24, 2.45) is 17.0 Å². The number of methoxy groups -OCH3 is 2. The van der Waals surface area contributed by atoms with Crippen LogP contribution < -0.4 is 168 Å². The molecule has 0 spiro atoms. The number of nitrogens with zero attached hydrogens (tertiary/aromatic N) is 7. The van der Waals surface area contributed by atoms with Crippen molar-refractivity contribution in [3.63, 3.8) is 0 Å². The zero-order valence-corrected chi connectivity index (χ0v) is 88.9. The van der Waals surface area contributed by atoms with E-state index in [4.69, 9.17) is 58.2 Å². The molecule has 0 saturated carbocycles. The van der Waals surface area contributed by atoms with Gasteiger partial charge in [0.1, 0.15) is 40.9 Å². The number of aromatic hydroxyl groups is 1. The molecule has 0 unspecified atom stereocenters. The molecule has 32 heteroatoms. The summed E-state index contributed by atoms with van der Waals surface area (Å²) < 4.78 is 49.4. The number of carbonyl (C=O) groups is 9. The number of anilines is 2. The van der Waals surface area contributed by atoms with Gasteiger partial charge in [0.15, 0.2) is 11.6 Å². The van der Waals surface area contributed by atoms with Crippen LogP contribution in [-0.2, 0) is 76.3 Å². The van der Waals surface area contributed by atoms with E-state index in [9.17, 15) is 43.5 Å². The van der Waals surface area contributed by atoms with Gasteiger partial charge in [-0.2, -0.15) is 0 Å². The molecule has 8 rings (SSSR count). The number of carbonyl (C=O) groups excluding carboxylic acids is 9. The van der Waals surface area contributed by atoms with Crippen molar-refractivity contribution in [1.29, 1.82) is 0 Å². The second-order valence-corrected chi connectivity index (χ2v) is 32.7. The SMILES string of the molecule is COC(=O)C[C@H](CC(=O)[C@H](CC(C)C)NC(=O)CCCN(C(=O)OC(C)(C)C)c1cc(C)ccn1)c1ccc(-c2ccc(O)c3ccccc23)cc1.COC(=O)C[C@H](CC(=O)[C@H](CC(C)C)NC(=O)CCCN(C(=O)OC(C)(C)C)c1cc(C)ccn1)c1ccc(-c2ccc(OCCOCCOCCOCCOCCN=[N+]=[N-])c3ccccc23)cc1.O=CO[O-].[Cs+].[Cs+].[H-]. The van der Waals surface area contributed by atoms with E-state index in [2.05, 4.69) is 35.5 Å². The zero-order chi connectivity index (χ0) is 91.4. The second-order valence-electron chi connectivity index (χ2n) is 32.7. The molecule has 0 aliphatic heterocycles. The number of esters is 2. The van der Waals surface area contributed by atoms with Gasteiger partial charge in [-0.15, -0.1) is 0 Å². The van der Waals surface area contributed by atoms with Crippen molar-refractivity contribution in [2.75, 3.05) is 103 Å². The summed E-state index contributed by atoms with van der Waals surface area (Å²) in [5.74, 6) is -0.832. The van der Waals surface area contributed by atoms with Gasteiger partial charge in [0.25, 0.3) is 6.47 Å². The monoisotopic (exact) mass is 1990 g/mol. The minimum Gasteiger partial charge on any atom is -1.00 e. The topological polar surface area (TPSA) is 394 Å². The van der Waals surface area contributed by atoms with Gasteiger partial charge < -0.3 is 69.9 Å². The number of fused-ring (bicyclic) bond motifs is 2. The van der Waals surface area contributed by atoms with Crippen molar-refractivity contribution in [2.45, 2.75) is 182 Å². The Morgan fingerprint density at radius 2 is 0.906 bits per heavy atom. The molecule has 3 N–H and O–H groups in total. The van der Waals surface area contributed by atoms with E-state index in [0.29, 0.717) is 103 Å². The minimum atomic E-state index is -0.775. The average Bonchev–Trinajstić information content (AvgIpc) is 0.785. The molecule has 127 heavy (non-hydrogen) atoms. The van der Waals surface area contributed by atoms with E-state index in [1.807, 2.05) is 169 Å². The predicted octanol–water partition coefficient (Wildman–Crippen LogP) is 10.2. The summed E-state index contributed by atoms with van der Waals surface area (Å²) in [6, 6.07) is 44.4. The third-order valence-corrected chi connectivity index (χ3v) is 19.4. The van der Waals surface area contributed by atoms with E-state index in [-0.39, 0.29) is 238 Å². The first-order valence-electron chi connectivity index (χ1n) is 42.0. The molecule has 2 aromatic heterocycles. The first-order chi connectivity index (χ1) is 59.7. The van der Waals surface area contributed by atoms with Gasteiger partial charge in [-0.3, -0.25) is 43.4 Å². The molecule has 0 aliphatic rings. The van der Waals surface area contributed by atoms with Crippen LogP contribution in [0.5, 0.6) is 11.5 Å². The summed E-state index contributed by atoms with van der Waals surface area (Å²) in [4.78, 5) is 132. The van der Waals surface area contributed by atoms with Crippen LogP contribution in [0, 0.1) is 25.7 Å². The van der Waals surface area contributed by atoms with Crippen molar-refractivity contribution < 1.29 is 240 Å². The third kappa shape index (κ3) is 41.0. The third-order valence-electron chi connectivity index (χ3n) is 19.4. The molecular weight excluding hydrogens is 1870 g/mol. The summed E-state index contributed by atoms with van der Waals surface area (Å²) in [5, 5.41) is 31.7. The number of phenolic OH excluding ortho intramolecular Hbond substituents is 1. The summed E-state index contributed by atoms with van der Waals surface area (Å²) in [5.41, 5.74) is 14.1. The van der Waals surface area contributed by atoms with Gasteiger partial charge in [0.05, 0.1) is 92.0 Å². The molecule has 4 amide bonds. The van der Waals surface area contributed by atoms with Crippen molar-refractivity contribution >= 4 is 87.2 Å². The van der Waals surface area contributed by atoms with Gasteiger partial charge in [-0.25, -0.2) is 19.6 Å². The van der Waals surface area contributed by atoms with Gasteiger partial charge in [0, 0.05) is 85.2 Å². The summed E-state index contributed by atoms with van der Waals surface area (Å²) >= 11 is 0. The van der Waals surface area contributed by atoms with Crippen LogP contribution in [0.15, 0.2) is 163 Å². The number of ether oxygens (including phenoxy) is 9. The maximum Gasteiger partial charge on any atom is 1.00 e. The van der Waals surface area contributed by atoms with Crippen LogP contribution >= 0.6 is 0 Å². The van der Waals surface area contributed by atoms with Crippen LogP contribution in [0.4, 0.5) is 21.2 Å². The number of nitrogens with one attached hydrogen (secondary N) is 2. The number of pyridine rings is 2. The number of aromatic nitrogens is 2. The maximum absolute atomic E-state index is 14.1. The largest absolute Gasteiger partial charge is 1.00 e. The minimum absolute atomic E-state index is 0. The predicted molar refractivity (Wildman–Crippen MR) is 476 cm³/mol. The molecule has 0 radical (unpaired) electrons. The van der Waals surface area contributed by atoms with E-state index in [0.717, 1.165) is 71.8 Å². The maximum atomic E-state index is 14.1. The fourth-order valence-electron chi connectivity index (χ4n) is 13.5. The average molecular weight is 1990 g/mol. The molecule has 8 aromatic rings. The Hall–Kier alpha value is -7.82. The fraction of sp³-hybridized carbons (Fsp3) is 0.463. The number of rotatable bonds is 47. The number of Topliss-reactive ketones (excluding diaryl/α,β-unsaturated/α-hetero) is 2. The number of azide groups is 1. The van der Waals surface area contributed by atoms with Crippen LogP contribution in [0.25, 0.3) is 54.2 Å². The quantitative estimate of drug-likeness (QED) is 0.00367. The van der Waals surface area contributed by atoms with E-state index in [1.165, 1.54) is 24.0 Å². The van der Waals surface area contributed by atoms with E-state index < -0.39 is 59.2 Å². The van der Waals surface area contributed by atoms with Crippen molar-refractivity contribution in [3.05, 3.63) is 191 Å². The summed E-state index contributed by atoms with van der Waals surface area (Å²) in [6.07, 6.45) is 3.75. The smallest absolute Gasteiger partial charge is 1.00 e. The van der Waals surface area contributed by atoms with Gasteiger partial charge in [-0.1, -0.05) is 142 Å². The number of ketones is 2. The molecule has 30 nitrogen and oxygen atoms in total. The van der Waals surface area contributed by atoms with Crippen LogP contribution in [0.2, 0.25) is 0 Å². The standard InChI is InChI=1S/C52H70N6O11.C42H51N3O7.CH2O3.2Cs.H/c1-37(2)33-45(56-49(60)13-10-23-58(51(62)69-52(4,5)6)48-34-38(3)20-21-54-48)46(59)35-41(36-50(61)63-7)39-14-16-40(17-15-39)42-18-19-47(44-12-9-8-11-43(42)44)68-32-31-67-30-29-66-28-27-65-26-25-64-24-22-55-57-53;1-27(2)23-35(44-39(48)13-10-22-45(41(50)52-42(4,5)6)38-24-28(3)20-21-43-38)37(47)25-31(26-40(49)51-7)29-14-16-30(17-15-29)32-18-19-36(46)34-12-9-8-11-33(32)34;2-1-4-3;;;/h8-9,11-12,14-21,34,37,41,45H,10,13,22-33,35-36H2,1-7H3,(H,56,60);8-9,11-12,14-21,24,27,31,35,46H,10,13,22-23,25-26H2,1-7H3,(H,44,48);1,3H;;;/q;;;2*+1;-1/p-1/t41-,45-;31-,35-;;;;/m00..../s1. The number of phenols is 1. The number of amides is 4. The second kappa shape index (κ2) is 59.5. The summed E-state index contributed by atoms with van der Waals surface area (Å²) in [7, 11) is 2.65. The summed E-state index contributed by atoms with van der Waals surface area (Å²) in [6.45, 7) is 26.6. The first-order valence-corrected chi connectivity index (χ1v) is 42.0. The van der Waals surface area contributed by atoms with E-state index in [1.54, 1.807) is 72.1 Å². The Kier molecular flexibility index (Phi) is 52.2. The molecule has 0 bridgehead atoms. The molecule has 6 aromatic carbocycles. The van der Waals surface area contributed by atoms with Crippen LogP contribution in [-0.4, -0.2) is 186 Å². The van der Waals surface area contributed by atoms with Crippen molar-refractivity contribution in [1.82, 2.24) is 20.6 Å². The van der Waals surface area contributed by atoms with Crippen molar-refractivity contribution in [3.8, 4) is 33.8 Å². The number of aryl methyl sites for hydroxylation is 2. The normalized spacial score (nSPS) is 12.0. The zero-order valence-electron chi connectivity index (χ0n) is 77.4. The molecular formula is C95H123Cs2N9O21. The Labute approximate surface area is 864 Å². The van der Waals surface area contributed by atoms with Gasteiger partial charge >= 0.3 is 162 Å². The molecule has 0 aliphatic carbocycles. The Morgan fingerprint density at radius 3 is 1.28 bits per heavy atom. The molecule has 4 atom stereocenters. The van der Waals surface area contributed by atoms with Gasteiger partial charge in [0.2, 0.25) is 11.8 Å². The molecule has 676 valence electrons. The fourth-order valence-corrected chi connectivity index (χ4v) is 13.5. The van der Waals surface area contributed by atoms with Crippen LogP contribution in [0.1, 0.15) is 169 Å². The van der Waals surface area contributed by atoms with Gasteiger partial charge in [-0.05, 0) is 190 Å². The molecule has 2 heterocycles. The Morgan fingerprint density at radius 1 is 0.528 bits per heavy atom. The van der Waals surface area contributed by atoms with E-state index >= 15 is 0 Å².